The van der Waals surface area contributed by atoms with Crippen molar-refractivity contribution in [3.63, 3.8) is 0 Å². The van der Waals surface area contributed by atoms with Crippen LogP contribution < -0.4 is 5.32 Å². The molecule has 1 aliphatic carbocycles. The fourth-order valence-electron chi connectivity index (χ4n) is 3.57. The van der Waals surface area contributed by atoms with E-state index in [1.165, 1.54) is 0 Å². The van der Waals surface area contributed by atoms with Gasteiger partial charge >= 0.3 is 12.1 Å². The first kappa shape index (κ1) is 23.3. The number of carboxylic acids is 1. The lowest BCUT2D eigenvalue weighted by molar-refractivity contribution is -0.140. The second-order valence-electron chi connectivity index (χ2n) is 7.98. The molecule has 1 aliphatic rings. The molecule has 1 atom stereocenters. The fraction of sp³-hybridized carbons (Fsp3) is 0.208. The summed E-state index contributed by atoms with van der Waals surface area (Å²) < 4.78 is 21.0. The van der Waals surface area contributed by atoms with Gasteiger partial charge in [0.25, 0.3) is 5.78 Å². The van der Waals surface area contributed by atoms with Crippen LogP contribution in [0.15, 0.2) is 45.2 Å². The number of amides is 1. The Morgan fingerprint density at radius 3 is 2.69 bits per heavy atom. The lowest BCUT2D eigenvalue weighted by Gasteiger charge is -2.15. The van der Waals surface area contributed by atoms with Gasteiger partial charge in [0.15, 0.2) is 11.5 Å². The van der Waals surface area contributed by atoms with Crippen LogP contribution in [0, 0.1) is 11.8 Å². The Balaban J connectivity index is 1.30. The zero-order valence-corrected chi connectivity index (χ0v) is 20.4. The molecule has 1 fully saturated rings. The highest BCUT2D eigenvalue weighted by Crippen LogP contribution is 2.50. The van der Waals surface area contributed by atoms with E-state index in [9.17, 15) is 14.7 Å². The number of nitrogens with zero attached hydrogens (tertiary/aromatic N) is 1. The van der Waals surface area contributed by atoms with Crippen LogP contribution in [-0.4, -0.2) is 21.5 Å². The summed E-state index contributed by atoms with van der Waals surface area (Å²) in [5, 5.41) is 13.1. The van der Waals surface area contributed by atoms with Crippen LogP contribution >= 0.6 is 34.7 Å². The quantitative estimate of drug-likeness (QED) is 0.278. The Bertz CT molecular complexity index is 1490. The van der Waals surface area contributed by atoms with Gasteiger partial charge in [0.1, 0.15) is 27.3 Å². The van der Waals surface area contributed by atoms with Gasteiger partial charge in [-0.15, -0.1) is 0 Å². The number of fused-ring (bicyclic) bond motifs is 1. The van der Waals surface area contributed by atoms with Crippen molar-refractivity contribution in [2.24, 2.45) is 0 Å². The third kappa shape index (κ3) is 4.48. The molecule has 0 spiro atoms. The highest BCUT2D eigenvalue weighted by molar-refractivity contribution is 7.11. The number of benzene rings is 1. The molecule has 11 heteroatoms. The summed E-state index contributed by atoms with van der Waals surface area (Å²) in [6, 6.07) is 10.4. The van der Waals surface area contributed by atoms with Gasteiger partial charge in [0.05, 0.1) is 5.39 Å². The summed E-state index contributed by atoms with van der Waals surface area (Å²) in [4.78, 5) is 23.9. The molecule has 5 rings (SSSR count). The van der Waals surface area contributed by atoms with E-state index in [2.05, 4.69) is 21.5 Å². The van der Waals surface area contributed by atoms with Gasteiger partial charge in [-0.25, -0.2) is 4.79 Å². The number of carbonyl (C=O) groups excluding carboxylic acids is 1. The smallest absolute Gasteiger partial charge is 0.412 e. The van der Waals surface area contributed by atoms with Gasteiger partial charge in [0, 0.05) is 16.7 Å². The normalized spacial score (nSPS) is 14.7. The zero-order valence-electron chi connectivity index (χ0n) is 18.1. The van der Waals surface area contributed by atoms with Crippen molar-refractivity contribution in [3.05, 3.63) is 68.5 Å². The topological polar surface area (TPSA) is 115 Å². The Morgan fingerprint density at radius 1 is 1.23 bits per heavy atom. The molecule has 2 N–H and O–H groups in total. The highest BCUT2D eigenvalue weighted by atomic mass is 35.5. The van der Waals surface area contributed by atoms with Crippen LogP contribution in [-0.2, 0) is 14.9 Å². The van der Waals surface area contributed by atoms with E-state index in [4.69, 9.17) is 36.8 Å². The molecule has 0 saturated heterocycles. The first-order chi connectivity index (χ1) is 16.8. The van der Waals surface area contributed by atoms with E-state index < -0.39 is 23.6 Å². The summed E-state index contributed by atoms with van der Waals surface area (Å²) in [6.45, 7) is 1.70. The van der Waals surface area contributed by atoms with Crippen LogP contribution in [0.1, 0.15) is 48.6 Å². The fourth-order valence-corrected chi connectivity index (χ4v) is 4.65. The predicted octanol–water partition coefficient (Wildman–Crippen LogP) is 6.61. The standard InChI is InChI=1S/C24H16Cl2N2O6S/c1-12(15-4-2-3-5-16(15)25)32-23(31)27-19-17(28-35-20(19)26)7-6-14-10-13-11-18(34-21(13)33-14)24(8-9-24)22(29)30/h2-5,10-12H,8-9H2,1H3,(H,27,31)(H,29,30). The molecule has 1 amide bonds. The van der Waals surface area contributed by atoms with Gasteiger partial charge in [-0.3, -0.25) is 10.1 Å². The number of anilines is 1. The van der Waals surface area contributed by atoms with Crippen molar-refractivity contribution in [2.75, 3.05) is 5.32 Å². The highest BCUT2D eigenvalue weighted by Gasteiger charge is 2.54. The van der Waals surface area contributed by atoms with Crippen molar-refractivity contribution in [1.29, 1.82) is 0 Å². The van der Waals surface area contributed by atoms with Gasteiger partial charge in [-0.2, -0.15) is 4.37 Å². The van der Waals surface area contributed by atoms with E-state index in [1.54, 1.807) is 43.3 Å². The zero-order chi connectivity index (χ0) is 24.7. The van der Waals surface area contributed by atoms with Crippen molar-refractivity contribution < 1.29 is 28.3 Å². The minimum absolute atomic E-state index is 0.198. The number of halogens is 2. The number of hydrogen-bond donors (Lipinski definition) is 2. The van der Waals surface area contributed by atoms with E-state index >= 15 is 0 Å². The van der Waals surface area contributed by atoms with E-state index in [1.807, 2.05) is 0 Å². The minimum Gasteiger partial charge on any atom is -0.480 e. The second kappa shape index (κ2) is 8.96. The summed E-state index contributed by atoms with van der Waals surface area (Å²) in [5.74, 6) is 5.59. The number of aromatic nitrogens is 1. The van der Waals surface area contributed by atoms with E-state index in [-0.39, 0.29) is 27.3 Å². The molecule has 35 heavy (non-hydrogen) atoms. The lowest BCUT2D eigenvalue weighted by atomic mass is 10.0. The first-order valence-corrected chi connectivity index (χ1v) is 12.0. The summed E-state index contributed by atoms with van der Waals surface area (Å²) in [6.07, 6.45) is -0.267. The minimum atomic E-state index is -0.955. The number of furan rings is 2. The Morgan fingerprint density at radius 2 is 2.00 bits per heavy atom. The molecule has 3 aromatic heterocycles. The molecule has 178 valence electrons. The molecule has 1 aromatic carbocycles. The number of rotatable bonds is 5. The summed E-state index contributed by atoms with van der Waals surface area (Å²) in [5.41, 5.74) is 0.165. The summed E-state index contributed by atoms with van der Waals surface area (Å²) >= 11 is 13.3. The number of carbonyl (C=O) groups is 2. The van der Waals surface area contributed by atoms with Crippen LogP contribution in [0.4, 0.5) is 10.5 Å². The molecule has 1 saturated carbocycles. The molecular formula is C24H16Cl2N2O6S. The number of carboxylic acid groups (broad SMARTS) is 1. The third-order valence-electron chi connectivity index (χ3n) is 5.65. The van der Waals surface area contributed by atoms with Gasteiger partial charge < -0.3 is 18.7 Å². The SMILES string of the molecule is CC(OC(=O)Nc1c(C#Cc2cc3cc(C4(C(=O)O)CC4)oc3o2)nsc1Cl)c1ccccc1Cl. The Kier molecular flexibility index (Phi) is 5.97. The van der Waals surface area contributed by atoms with Crippen LogP contribution in [0.3, 0.4) is 0 Å². The monoisotopic (exact) mass is 530 g/mol. The second-order valence-corrected chi connectivity index (χ2v) is 9.76. The lowest BCUT2D eigenvalue weighted by Crippen LogP contribution is -2.18. The molecule has 0 radical (unpaired) electrons. The number of aliphatic carboxylic acids is 1. The largest absolute Gasteiger partial charge is 0.480 e. The first-order valence-electron chi connectivity index (χ1n) is 10.4. The Hall–Kier alpha value is -3.45. The van der Waals surface area contributed by atoms with Gasteiger partial charge in [-0.05, 0) is 55.3 Å². The summed E-state index contributed by atoms with van der Waals surface area (Å²) in [7, 11) is 0. The van der Waals surface area contributed by atoms with Crippen LogP contribution in [0.25, 0.3) is 11.2 Å². The maximum atomic E-state index is 12.5. The number of ether oxygens (including phenoxy) is 1. The van der Waals surface area contributed by atoms with Gasteiger partial charge in [0.2, 0.25) is 0 Å². The average molecular weight is 531 g/mol. The maximum absolute atomic E-state index is 12.5. The molecule has 8 nitrogen and oxygen atoms in total. The molecule has 0 aliphatic heterocycles. The molecule has 3 heterocycles. The number of nitrogens with one attached hydrogen (secondary N) is 1. The van der Waals surface area contributed by atoms with Crippen molar-refractivity contribution in [3.8, 4) is 11.8 Å². The molecule has 1 unspecified atom stereocenters. The van der Waals surface area contributed by atoms with Crippen molar-refractivity contribution in [1.82, 2.24) is 4.37 Å². The van der Waals surface area contributed by atoms with E-state index in [0.29, 0.717) is 34.6 Å². The number of hydrogen-bond acceptors (Lipinski definition) is 7. The van der Waals surface area contributed by atoms with Crippen LogP contribution in [0.2, 0.25) is 9.36 Å². The molecule has 4 aromatic rings. The maximum Gasteiger partial charge on any atom is 0.412 e. The van der Waals surface area contributed by atoms with Crippen LogP contribution in [0.5, 0.6) is 0 Å². The average Bonchev–Trinajstić information content (AvgIpc) is 3.25. The molecular weight excluding hydrogens is 515 g/mol. The Labute approximate surface area is 212 Å². The van der Waals surface area contributed by atoms with Gasteiger partial charge in [-0.1, -0.05) is 41.4 Å². The third-order valence-corrected chi connectivity index (χ3v) is 7.03. The predicted molar refractivity (Wildman–Crippen MR) is 130 cm³/mol. The van der Waals surface area contributed by atoms with Crippen molar-refractivity contribution >= 4 is 63.7 Å². The van der Waals surface area contributed by atoms with Crippen molar-refractivity contribution in [2.45, 2.75) is 31.3 Å². The van der Waals surface area contributed by atoms with E-state index in [0.717, 1.165) is 11.5 Å². The molecule has 0 bridgehead atoms.